The summed E-state index contributed by atoms with van der Waals surface area (Å²) in [4.78, 5) is 13.4. The van der Waals surface area contributed by atoms with Crippen LogP contribution in [0.3, 0.4) is 0 Å². The first-order chi connectivity index (χ1) is 9.15. The van der Waals surface area contributed by atoms with Crippen LogP contribution < -0.4 is 4.90 Å². The third-order valence-corrected chi connectivity index (χ3v) is 3.62. The molecule has 0 fully saturated rings. The van der Waals surface area contributed by atoms with Crippen LogP contribution in [0.2, 0.25) is 0 Å². The Hall–Kier alpha value is -1.53. The SMILES string of the molecule is CC(=O)Cc1cc(C#N)c2c(c1)CCN2CCCCl. The molecule has 0 spiro atoms. The summed E-state index contributed by atoms with van der Waals surface area (Å²) in [6, 6.07) is 6.18. The molecule has 2 rings (SSSR count). The van der Waals surface area contributed by atoms with Gasteiger partial charge in [-0.25, -0.2) is 0 Å². The van der Waals surface area contributed by atoms with Crippen molar-refractivity contribution in [1.82, 2.24) is 0 Å². The summed E-state index contributed by atoms with van der Waals surface area (Å²) >= 11 is 5.73. The number of fused-ring (bicyclic) bond motifs is 1. The largest absolute Gasteiger partial charge is 0.370 e. The van der Waals surface area contributed by atoms with Crippen LogP contribution in [0.4, 0.5) is 5.69 Å². The summed E-state index contributed by atoms with van der Waals surface area (Å²) in [6.07, 6.45) is 2.27. The normalized spacial score (nSPS) is 13.2. The van der Waals surface area contributed by atoms with E-state index in [1.54, 1.807) is 6.92 Å². The number of anilines is 1. The fraction of sp³-hybridized carbons (Fsp3) is 0.467. The zero-order valence-electron chi connectivity index (χ0n) is 11.1. The maximum atomic E-state index is 11.2. The summed E-state index contributed by atoms with van der Waals surface area (Å²) in [5.74, 6) is 0.761. The fourth-order valence-electron chi connectivity index (χ4n) is 2.64. The molecule has 0 unspecified atom stereocenters. The lowest BCUT2D eigenvalue weighted by Crippen LogP contribution is -2.22. The molecule has 1 heterocycles. The highest BCUT2D eigenvalue weighted by Gasteiger charge is 2.23. The second-order valence-corrected chi connectivity index (χ2v) is 5.30. The smallest absolute Gasteiger partial charge is 0.134 e. The number of carbonyl (C=O) groups excluding carboxylic acids is 1. The van der Waals surface area contributed by atoms with E-state index >= 15 is 0 Å². The third-order valence-electron chi connectivity index (χ3n) is 3.35. The molecule has 0 radical (unpaired) electrons. The summed E-state index contributed by atoms with van der Waals surface area (Å²) in [5, 5.41) is 9.32. The molecule has 4 heteroatoms. The Labute approximate surface area is 118 Å². The van der Waals surface area contributed by atoms with E-state index in [0.717, 1.165) is 37.2 Å². The third kappa shape index (κ3) is 3.08. The average Bonchev–Trinajstić information content (AvgIpc) is 2.77. The number of nitriles is 1. The van der Waals surface area contributed by atoms with Crippen molar-refractivity contribution in [2.24, 2.45) is 0 Å². The number of Topliss-reactive ketones (excluding diaryl/α,β-unsaturated/α-hetero) is 1. The van der Waals surface area contributed by atoms with Crippen molar-refractivity contribution in [3.05, 3.63) is 28.8 Å². The van der Waals surface area contributed by atoms with Gasteiger partial charge in [-0.15, -0.1) is 11.6 Å². The van der Waals surface area contributed by atoms with Crippen molar-refractivity contribution >= 4 is 23.1 Å². The number of rotatable bonds is 5. The average molecular weight is 277 g/mol. The molecular weight excluding hydrogens is 260 g/mol. The molecule has 0 amide bonds. The standard InChI is InChI=1S/C15H17ClN2O/c1-11(19)7-12-8-13-3-6-18(5-2-4-16)15(13)14(9-12)10-17/h8-9H,2-7H2,1H3. The first-order valence-corrected chi connectivity index (χ1v) is 7.05. The zero-order valence-corrected chi connectivity index (χ0v) is 11.8. The van der Waals surface area contributed by atoms with Crippen molar-refractivity contribution in [3.8, 4) is 6.07 Å². The van der Waals surface area contributed by atoms with E-state index in [9.17, 15) is 10.1 Å². The maximum Gasteiger partial charge on any atom is 0.134 e. The molecule has 1 aromatic rings. The van der Waals surface area contributed by atoms with Crippen LogP contribution in [0.5, 0.6) is 0 Å². The Bertz CT molecular complexity index is 534. The first-order valence-electron chi connectivity index (χ1n) is 6.52. The van der Waals surface area contributed by atoms with Gasteiger partial charge in [0.1, 0.15) is 11.9 Å². The number of carbonyl (C=O) groups is 1. The van der Waals surface area contributed by atoms with Crippen molar-refractivity contribution in [3.63, 3.8) is 0 Å². The highest BCUT2D eigenvalue weighted by atomic mass is 35.5. The van der Waals surface area contributed by atoms with E-state index in [2.05, 4.69) is 17.0 Å². The van der Waals surface area contributed by atoms with Crippen LogP contribution in [0.1, 0.15) is 30.0 Å². The van der Waals surface area contributed by atoms with Gasteiger partial charge in [0, 0.05) is 25.4 Å². The predicted molar refractivity (Wildman–Crippen MR) is 76.8 cm³/mol. The molecule has 0 N–H and O–H groups in total. The number of ketones is 1. The van der Waals surface area contributed by atoms with Crippen molar-refractivity contribution in [1.29, 1.82) is 5.26 Å². The molecule has 19 heavy (non-hydrogen) atoms. The van der Waals surface area contributed by atoms with Crippen LogP contribution in [0, 0.1) is 11.3 Å². The predicted octanol–water partition coefficient (Wildman–Crippen LogP) is 2.68. The van der Waals surface area contributed by atoms with Gasteiger partial charge in [-0.2, -0.15) is 5.26 Å². The zero-order chi connectivity index (χ0) is 13.8. The summed E-state index contributed by atoms with van der Waals surface area (Å²) < 4.78 is 0. The molecule has 1 aliphatic heterocycles. The van der Waals surface area contributed by atoms with Crippen LogP contribution in [0.25, 0.3) is 0 Å². The Morgan fingerprint density at radius 3 is 2.95 bits per heavy atom. The highest BCUT2D eigenvalue weighted by molar-refractivity contribution is 6.17. The highest BCUT2D eigenvalue weighted by Crippen LogP contribution is 2.33. The lowest BCUT2D eigenvalue weighted by molar-refractivity contribution is -0.116. The monoisotopic (exact) mass is 276 g/mol. The molecule has 0 atom stereocenters. The van der Waals surface area contributed by atoms with Crippen LogP contribution >= 0.6 is 11.6 Å². The first kappa shape index (κ1) is 13.9. The summed E-state index contributed by atoms with van der Waals surface area (Å²) in [6.45, 7) is 3.40. The van der Waals surface area contributed by atoms with E-state index in [1.807, 2.05) is 6.07 Å². The Balaban J connectivity index is 2.32. The van der Waals surface area contributed by atoms with Gasteiger partial charge >= 0.3 is 0 Å². The molecule has 1 aromatic carbocycles. The topological polar surface area (TPSA) is 44.1 Å². The summed E-state index contributed by atoms with van der Waals surface area (Å²) in [7, 11) is 0. The minimum atomic E-state index is 0.126. The molecular formula is C15H17ClN2O. The number of hydrogen-bond acceptors (Lipinski definition) is 3. The fourth-order valence-corrected chi connectivity index (χ4v) is 2.76. The quantitative estimate of drug-likeness (QED) is 0.777. The van der Waals surface area contributed by atoms with E-state index in [1.165, 1.54) is 5.56 Å². The van der Waals surface area contributed by atoms with Crippen LogP contribution in [-0.4, -0.2) is 24.8 Å². The Kier molecular flexibility index (Phi) is 4.44. The molecule has 1 aliphatic rings. The molecule has 0 aliphatic carbocycles. The molecule has 0 saturated carbocycles. The molecule has 3 nitrogen and oxygen atoms in total. The second-order valence-electron chi connectivity index (χ2n) is 4.92. The van der Waals surface area contributed by atoms with Gasteiger partial charge in [-0.05, 0) is 37.0 Å². The number of alkyl halides is 1. The van der Waals surface area contributed by atoms with E-state index in [4.69, 9.17) is 11.6 Å². The van der Waals surface area contributed by atoms with E-state index in [-0.39, 0.29) is 5.78 Å². The van der Waals surface area contributed by atoms with Gasteiger partial charge < -0.3 is 4.90 Å². The lowest BCUT2D eigenvalue weighted by Gasteiger charge is -2.20. The van der Waals surface area contributed by atoms with Gasteiger partial charge in [0.25, 0.3) is 0 Å². The van der Waals surface area contributed by atoms with Gasteiger partial charge in [0.05, 0.1) is 11.3 Å². The Morgan fingerprint density at radius 2 is 2.32 bits per heavy atom. The Morgan fingerprint density at radius 1 is 1.53 bits per heavy atom. The van der Waals surface area contributed by atoms with Crippen molar-refractivity contribution in [2.75, 3.05) is 23.9 Å². The number of benzene rings is 1. The van der Waals surface area contributed by atoms with Crippen LogP contribution in [0.15, 0.2) is 12.1 Å². The second kappa shape index (κ2) is 6.08. The molecule has 0 saturated heterocycles. The van der Waals surface area contributed by atoms with E-state index in [0.29, 0.717) is 17.9 Å². The van der Waals surface area contributed by atoms with Crippen molar-refractivity contribution < 1.29 is 4.79 Å². The molecule has 0 bridgehead atoms. The van der Waals surface area contributed by atoms with Gasteiger partial charge in [-0.3, -0.25) is 4.79 Å². The minimum absolute atomic E-state index is 0.126. The minimum Gasteiger partial charge on any atom is -0.370 e. The lowest BCUT2D eigenvalue weighted by atomic mass is 10.0. The maximum absolute atomic E-state index is 11.2. The summed E-state index contributed by atoms with van der Waals surface area (Å²) in [5.41, 5.74) is 3.85. The number of halogens is 1. The van der Waals surface area contributed by atoms with Gasteiger partial charge in [-0.1, -0.05) is 6.07 Å². The van der Waals surface area contributed by atoms with E-state index < -0.39 is 0 Å². The number of nitrogens with zero attached hydrogens (tertiary/aromatic N) is 2. The van der Waals surface area contributed by atoms with Crippen molar-refractivity contribution in [2.45, 2.75) is 26.2 Å². The number of hydrogen-bond donors (Lipinski definition) is 0. The molecule has 0 aromatic heterocycles. The van der Waals surface area contributed by atoms with Gasteiger partial charge in [0.15, 0.2) is 0 Å². The van der Waals surface area contributed by atoms with Crippen LogP contribution in [-0.2, 0) is 17.6 Å². The van der Waals surface area contributed by atoms with Gasteiger partial charge in [0.2, 0.25) is 0 Å². The molecule has 100 valence electrons.